The summed E-state index contributed by atoms with van der Waals surface area (Å²) in [6, 6.07) is 5.79. The third-order valence-electron chi connectivity index (χ3n) is 2.71. The predicted molar refractivity (Wildman–Crippen MR) is 77.1 cm³/mol. The molecule has 0 atom stereocenters. The molecule has 0 bridgehead atoms. The van der Waals surface area contributed by atoms with Crippen LogP contribution in [0, 0.1) is 0 Å². The number of para-hydroxylation sites is 1. The molecular formula is C15H23NO4. The van der Waals surface area contributed by atoms with Gasteiger partial charge in [-0.05, 0) is 19.5 Å². The van der Waals surface area contributed by atoms with Crippen LogP contribution in [-0.4, -0.2) is 32.8 Å². The normalized spacial score (nSPS) is 10.2. The molecule has 0 aliphatic carbocycles. The van der Waals surface area contributed by atoms with Crippen LogP contribution in [0.5, 0.6) is 11.5 Å². The fourth-order valence-corrected chi connectivity index (χ4v) is 1.73. The number of rotatable bonds is 9. The molecule has 0 amide bonds. The maximum Gasteiger partial charge on any atom is 0.308 e. The fraction of sp³-hybridized carbons (Fsp3) is 0.533. The second kappa shape index (κ2) is 9.20. The minimum atomic E-state index is -0.285. The van der Waals surface area contributed by atoms with Crippen LogP contribution in [0.1, 0.15) is 25.8 Å². The Morgan fingerprint density at radius 3 is 2.70 bits per heavy atom. The number of carbonyl (C=O) groups excluding carboxylic acids is 1. The zero-order chi connectivity index (χ0) is 14.8. The van der Waals surface area contributed by atoms with Crippen molar-refractivity contribution in [1.82, 2.24) is 5.32 Å². The van der Waals surface area contributed by atoms with E-state index in [2.05, 4.69) is 10.1 Å². The summed E-state index contributed by atoms with van der Waals surface area (Å²) >= 11 is 0. The molecule has 112 valence electrons. The third kappa shape index (κ3) is 5.09. The molecule has 0 aliphatic rings. The number of hydrogen-bond donors (Lipinski definition) is 1. The van der Waals surface area contributed by atoms with E-state index >= 15 is 0 Å². The lowest BCUT2D eigenvalue weighted by Gasteiger charge is -2.16. The molecule has 1 aromatic rings. The Morgan fingerprint density at radius 1 is 1.25 bits per heavy atom. The van der Waals surface area contributed by atoms with Gasteiger partial charge in [-0.15, -0.1) is 0 Å². The summed E-state index contributed by atoms with van der Waals surface area (Å²) in [4.78, 5) is 11.1. The quantitative estimate of drug-likeness (QED) is 0.703. The van der Waals surface area contributed by atoms with Crippen molar-refractivity contribution in [3.63, 3.8) is 0 Å². The lowest BCUT2D eigenvalue weighted by Crippen LogP contribution is -2.14. The Bertz CT molecular complexity index is 420. The van der Waals surface area contributed by atoms with E-state index in [1.54, 1.807) is 0 Å². The molecule has 0 aliphatic heterocycles. The van der Waals surface area contributed by atoms with Gasteiger partial charge in [0.15, 0.2) is 11.5 Å². The maximum absolute atomic E-state index is 11.1. The molecule has 0 heterocycles. The first kappa shape index (κ1) is 16.3. The van der Waals surface area contributed by atoms with Crippen molar-refractivity contribution in [1.29, 1.82) is 0 Å². The highest BCUT2D eigenvalue weighted by molar-refractivity contribution is 5.69. The van der Waals surface area contributed by atoms with Crippen molar-refractivity contribution in [2.75, 3.05) is 26.9 Å². The van der Waals surface area contributed by atoms with Crippen LogP contribution in [0.3, 0.4) is 0 Å². The highest BCUT2D eigenvalue weighted by atomic mass is 16.5. The van der Waals surface area contributed by atoms with Crippen molar-refractivity contribution in [2.45, 2.75) is 26.8 Å². The number of nitrogens with one attached hydrogen (secondary N) is 1. The molecule has 0 radical (unpaired) electrons. The van der Waals surface area contributed by atoms with Gasteiger partial charge >= 0.3 is 5.97 Å². The van der Waals surface area contributed by atoms with Crippen molar-refractivity contribution < 1.29 is 19.0 Å². The van der Waals surface area contributed by atoms with E-state index in [1.165, 1.54) is 7.11 Å². The summed E-state index contributed by atoms with van der Waals surface area (Å²) in [6.07, 6.45) is 0.220. The minimum absolute atomic E-state index is 0.220. The van der Waals surface area contributed by atoms with E-state index in [4.69, 9.17) is 9.47 Å². The Kier molecular flexibility index (Phi) is 7.50. The second-order valence-corrected chi connectivity index (χ2v) is 4.13. The van der Waals surface area contributed by atoms with Gasteiger partial charge in [-0.1, -0.05) is 19.1 Å². The van der Waals surface area contributed by atoms with E-state index < -0.39 is 0 Å². The van der Waals surface area contributed by atoms with Gasteiger partial charge in [0.1, 0.15) is 0 Å². The zero-order valence-corrected chi connectivity index (χ0v) is 12.4. The Labute approximate surface area is 120 Å². The Morgan fingerprint density at radius 2 is 2.05 bits per heavy atom. The molecule has 0 saturated heterocycles. The molecule has 1 rings (SSSR count). The molecule has 5 heteroatoms. The van der Waals surface area contributed by atoms with E-state index in [9.17, 15) is 4.79 Å². The average Bonchev–Trinajstić information content (AvgIpc) is 2.47. The molecule has 0 unspecified atom stereocenters. The topological polar surface area (TPSA) is 56.8 Å². The van der Waals surface area contributed by atoms with Crippen LogP contribution in [0.15, 0.2) is 18.2 Å². The second-order valence-electron chi connectivity index (χ2n) is 4.13. The first-order chi connectivity index (χ1) is 9.72. The molecule has 0 spiro atoms. The van der Waals surface area contributed by atoms with E-state index in [1.807, 2.05) is 32.0 Å². The maximum atomic E-state index is 11.1. The van der Waals surface area contributed by atoms with Gasteiger partial charge in [0.2, 0.25) is 0 Å². The van der Waals surface area contributed by atoms with E-state index in [0.29, 0.717) is 24.7 Å². The standard InChI is InChI=1S/C15H23NO4/c1-4-16-11-12-7-6-8-13(19-5-2)15(12)20-10-9-14(17)18-3/h6-8,16H,4-5,9-11H2,1-3H3. The van der Waals surface area contributed by atoms with Gasteiger partial charge in [-0.2, -0.15) is 0 Å². The van der Waals surface area contributed by atoms with Gasteiger partial charge in [0.25, 0.3) is 0 Å². The van der Waals surface area contributed by atoms with E-state index in [-0.39, 0.29) is 19.0 Å². The number of methoxy groups -OCH3 is 1. The van der Waals surface area contributed by atoms with Gasteiger partial charge in [-0.25, -0.2) is 0 Å². The van der Waals surface area contributed by atoms with Crippen molar-refractivity contribution in [2.24, 2.45) is 0 Å². The molecule has 0 aromatic heterocycles. The van der Waals surface area contributed by atoms with Gasteiger partial charge in [-0.3, -0.25) is 4.79 Å². The number of esters is 1. The first-order valence-corrected chi connectivity index (χ1v) is 6.87. The van der Waals surface area contributed by atoms with Gasteiger partial charge < -0.3 is 19.5 Å². The van der Waals surface area contributed by atoms with Crippen LogP contribution in [0.25, 0.3) is 0 Å². The molecule has 0 fully saturated rings. The molecule has 1 aromatic carbocycles. The van der Waals surface area contributed by atoms with E-state index in [0.717, 1.165) is 12.1 Å². The minimum Gasteiger partial charge on any atom is -0.490 e. The predicted octanol–water partition coefficient (Wildman–Crippen LogP) is 2.14. The summed E-state index contributed by atoms with van der Waals surface area (Å²) in [6.45, 7) is 6.39. The summed E-state index contributed by atoms with van der Waals surface area (Å²) in [7, 11) is 1.37. The highest BCUT2D eigenvalue weighted by Gasteiger charge is 2.11. The highest BCUT2D eigenvalue weighted by Crippen LogP contribution is 2.31. The molecule has 1 N–H and O–H groups in total. The number of carbonyl (C=O) groups is 1. The molecule has 5 nitrogen and oxygen atoms in total. The Hall–Kier alpha value is -1.75. The van der Waals surface area contributed by atoms with Crippen molar-refractivity contribution in [3.05, 3.63) is 23.8 Å². The number of ether oxygens (including phenoxy) is 3. The lowest BCUT2D eigenvalue weighted by atomic mass is 10.2. The summed E-state index contributed by atoms with van der Waals surface area (Å²) in [5.41, 5.74) is 1.02. The largest absolute Gasteiger partial charge is 0.490 e. The van der Waals surface area contributed by atoms with Crippen LogP contribution >= 0.6 is 0 Å². The van der Waals surface area contributed by atoms with Gasteiger partial charge in [0, 0.05) is 12.1 Å². The lowest BCUT2D eigenvalue weighted by molar-refractivity contribution is -0.141. The summed E-state index contributed by atoms with van der Waals surface area (Å²) in [5.74, 6) is 1.11. The monoisotopic (exact) mass is 281 g/mol. The zero-order valence-electron chi connectivity index (χ0n) is 12.4. The number of benzene rings is 1. The fourth-order valence-electron chi connectivity index (χ4n) is 1.73. The molecular weight excluding hydrogens is 258 g/mol. The molecule has 0 saturated carbocycles. The van der Waals surface area contributed by atoms with Crippen LogP contribution in [0.2, 0.25) is 0 Å². The SMILES string of the molecule is CCNCc1cccc(OCC)c1OCCC(=O)OC. The summed E-state index contributed by atoms with van der Waals surface area (Å²) < 4.78 is 15.9. The smallest absolute Gasteiger partial charge is 0.308 e. The summed E-state index contributed by atoms with van der Waals surface area (Å²) in [5, 5.41) is 3.26. The average molecular weight is 281 g/mol. The van der Waals surface area contributed by atoms with Crippen LogP contribution < -0.4 is 14.8 Å². The van der Waals surface area contributed by atoms with Crippen molar-refractivity contribution >= 4 is 5.97 Å². The third-order valence-corrected chi connectivity index (χ3v) is 2.71. The Balaban J connectivity index is 2.78. The first-order valence-electron chi connectivity index (χ1n) is 6.87. The number of hydrogen-bond acceptors (Lipinski definition) is 5. The van der Waals surface area contributed by atoms with Crippen molar-refractivity contribution in [3.8, 4) is 11.5 Å². The van der Waals surface area contributed by atoms with Crippen LogP contribution in [0.4, 0.5) is 0 Å². The van der Waals surface area contributed by atoms with Crippen LogP contribution in [-0.2, 0) is 16.1 Å². The molecule has 20 heavy (non-hydrogen) atoms. The van der Waals surface area contributed by atoms with Gasteiger partial charge in [0.05, 0.1) is 26.7 Å².